The molecule has 0 saturated carbocycles. The molecule has 0 bridgehead atoms. The first-order chi connectivity index (χ1) is 7.53. The highest BCUT2D eigenvalue weighted by Gasteiger charge is 2.11. The third-order valence-corrected chi connectivity index (χ3v) is 2.89. The van der Waals surface area contributed by atoms with E-state index in [0.29, 0.717) is 0 Å². The summed E-state index contributed by atoms with van der Waals surface area (Å²) in [7, 11) is 0. The number of nitrogens with one attached hydrogen (secondary N) is 1. The van der Waals surface area contributed by atoms with E-state index in [9.17, 15) is 0 Å². The van der Waals surface area contributed by atoms with Crippen molar-refractivity contribution in [3.8, 4) is 0 Å². The van der Waals surface area contributed by atoms with E-state index < -0.39 is 0 Å². The van der Waals surface area contributed by atoms with E-state index in [-0.39, 0.29) is 5.54 Å². The molecule has 0 aliphatic carbocycles. The molecule has 0 saturated heterocycles. The maximum absolute atomic E-state index is 4.28. The number of nitrogens with zero attached hydrogens (tertiary/aromatic N) is 3. The summed E-state index contributed by atoms with van der Waals surface area (Å²) in [4.78, 5) is 4.28. The fraction of sp³-hybridized carbons (Fsp3) is 0.818. The molecule has 5 heteroatoms. The van der Waals surface area contributed by atoms with Crippen LogP contribution in [0.25, 0.3) is 0 Å². The van der Waals surface area contributed by atoms with Crippen LogP contribution in [0, 0.1) is 0 Å². The first-order valence-electron chi connectivity index (χ1n) is 5.63. The van der Waals surface area contributed by atoms with Crippen molar-refractivity contribution >= 4 is 11.8 Å². The maximum atomic E-state index is 4.28. The topological polar surface area (TPSA) is 42.7 Å². The van der Waals surface area contributed by atoms with Crippen molar-refractivity contribution in [2.45, 2.75) is 45.8 Å². The molecule has 1 rings (SSSR count). The summed E-state index contributed by atoms with van der Waals surface area (Å²) in [5.74, 6) is 2.20. The first-order valence-corrected chi connectivity index (χ1v) is 7.03. The van der Waals surface area contributed by atoms with Gasteiger partial charge in [-0.25, -0.2) is 9.67 Å². The van der Waals surface area contributed by atoms with Crippen molar-refractivity contribution < 1.29 is 0 Å². The van der Waals surface area contributed by atoms with Crippen LogP contribution in [0.5, 0.6) is 0 Å². The van der Waals surface area contributed by atoms with Gasteiger partial charge in [-0.3, -0.25) is 0 Å². The number of aromatic nitrogens is 3. The molecule has 0 unspecified atom stereocenters. The molecular weight excluding hydrogens is 220 g/mol. The van der Waals surface area contributed by atoms with Gasteiger partial charge in [0.2, 0.25) is 0 Å². The van der Waals surface area contributed by atoms with Crippen LogP contribution in [0.1, 0.15) is 33.0 Å². The molecule has 0 spiro atoms. The van der Waals surface area contributed by atoms with Crippen LogP contribution >= 0.6 is 11.8 Å². The Hall–Kier alpha value is -0.550. The standard InChI is InChI=1S/C11H22N4S/c1-11(2,3)13-8-10-12-9-14-15(10)6-5-7-16-4/h9,13H,5-8H2,1-4H3. The summed E-state index contributed by atoms with van der Waals surface area (Å²) in [6, 6.07) is 0. The monoisotopic (exact) mass is 242 g/mol. The Morgan fingerprint density at radius 3 is 2.81 bits per heavy atom. The average Bonchev–Trinajstić information content (AvgIpc) is 2.62. The SMILES string of the molecule is CSCCCn1ncnc1CNC(C)(C)C. The molecule has 0 atom stereocenters. The fourth-order valence-corrected chi connectivity index (χ4v) is 1.73. The van der Waals surface area contributed by atoms with Crippen molar-refractivity contribution in [2.75, 3.05) is 12.0 Å². The number of hydrogen-bond donors (Lipinski definition) is 1. The van der Waals surface area contributed by atoms with Gasteiger partial charge < -0.3 is 5.32 Å². The van der Waals surface area contributed by atoms with Gasteiger partial charge in [0.1, 0.15) is 12.2 Å². The Bertz CT molecular complexity index is 303. The van der Waals surface area contributed by atoms with Gasteiger partial charge in [-0.15, -0.1) is 0 Å². The van der Waals surface area contributed by atoms with E-state index in [1.54, 1.807) is 6.33 Å². The van der Waals surface area contributed by atoms with Crippen LogP contribution in [-0.2, 0) is 13.1 Å². The summed E-state index contributed by atoms with van der Waals surface area (Å²) < 4.78 is 2.00. The summed E-state index contributed by atoms with van der Waals surface area (Å²) in [6.07, 6.45) is 4.91. The van der Waals surface area contributed by atoms with Gasteiger partial charge in [-0.05, 0) is 39.2 Å². The molecule has 0 fully saturated rings. The molecule has 16 heavy (non-hydrogen) atoms. The van der Waals surface area contributed by atoms with Gasteiger partial charge in [-0.1, -0.05) is 0 Å². The zero-order valence-corrected chi connectivity index (χ0v) is 11.5. The summed E-state index contributed by atoms with van der Waals surface area (Å²) in [6.45, 7) is 8.20. The van der Waals surface area contributed by atoms with Gasteiger partial charge >= 0.3 is 0 Å². The third kappa shape index (κ3) is 4.99. The molecule has 1 N–H and O–H groups in total. The van der Waals surface area contributed by atoms with E-state index >= 15 is 0 Å². The Morgan fingerprint density at radius 2 is 2.19 bits per heavy atom. The summed E-state index contributed by atoms with van der Waals surface area (Å²) in [5, 5.41) is 7.67. The third-order valence-electron chi connectivity index (χ3n) is 2.19. The largest absolute Gasteiger partial charge is 0.305 e. The lowest BCUT2D eigenvalue weighted by atomic mass is 10.1. The minimum absolute atomic E-state index is 0.121. The molecular formula is C11H22N4S. The van der Waals surface area contributed by atoms with Gasteiger partial charge in [0.05, 0.1) is 6.54 Å². The molecule has 1 heterocycles. The van der Waals surface area contributed by atoms with Gasteiger partial charge in [0.15, 0.2) is 0 Å². The quantitative estimate of drug-likeness (QED) is 0.774. The number of aryl methyl sites for hydroxylation is 1. The second-order valence-electron chi connectivity index (χ2n) is 4.85. The normalized spacial score (nSPS) is 12.0. The molecule has 0 aliphatic heterocycles. The second kappa shape index (κ2) is 6.25. The fourth-order valence-electron chi connectivity index (χ4n) is 1.31. The Kier molecular flexibility index (Phi) is 5.28. The lowest BCUT2D eigenvalue weighted by Crippen LogP contribution is -2.36. The molecule has 0 amide bonds. The number of thioether (sulfide) groups is 1. The summed E-state index contributed by atoms with van der Waals surface area (Å²) in [5.41, 5.74) is 0.121. The minimum Gasteiger partial charge on any atom is -0.305 e. The van der Waals surface area contributed by atoms with Crippen molar-refractivity contribution in [3.63, 3.8) is 0 Å². The van der Waals surface area contributed by atoms with E-state index in [4.69, 9.17) is 0 Å². The average molecular weight is 242 g/mol. The van der Waals surface area contributed by atoms with Crippen LogP contribution in [0.4, 0.5) is 0 Å². The number of hydrogen-bond acceptors (Lipinski definition) is 4. The van der Waals surface area contributed by atoms with Crippen LogP contribution in [0.2, 0.25) is 0 Å². The number of rotatable bonds is 6. The van der Waals surface area contributed by atoms with Gasteiger partial charge in [0.25, 0.3) is 0 Å². The van der Waals surface area contributed by atoms with E-state index in [1.165, 1.54) is 5.75 Å². The van der Waals surface area contributed by atoms with Crippen molar-refractivity contribution in [1.82, 2.24) is 20.1 Å². The minimum atomic E-state index is 0.121. The van der Waals surface area contributed by atoms with E-state index in [2.05, 4.69) is 42.4 Å². The molecule has 0 aromatic carbocycles. The van der Waals surface area contributed by atoms with Gasteiger partial charge in [0, 0.05) is 12.1 Å². The highest BCUT2D eigenvalue weighted by atomic mass is 32.2. The van der Waals surface area contributed by atoms with Crippen LogP contribution in [-0.4, -0.2) is 32.3 Å². The maximum Gasteiger partial charge on any atom is 0.140 e. The van der Waals surface area contributed by atoms with Crippen molar-refractivity contribution in [2.24, 2.45) is 0 Å². The van der Waals surface area contributed by atoms with Crippen LogP contribution < -0.4 is 5.32 Å². The Morgan fingerprint density at radius 1 is 1.44 bits per heavy atom. The Balaban J connectivity index is 2.44. The first kappa shape index (κ1) is 13.5. The smallest absolute Gasteiger partial charge is 0.140 e. The molecule has 0 aliphatic rings. The molecule has 1 aromatic rings. The lowest BCUT2D eigenvalue weighted by molar-refractivity contribution is 0.407. The zero-order chi connectivity index (χ0) is 12.0. The van der Waals surface area contributed by atoms with Crippen LogP contribution in [0.3, 0.4) is 0 Å². The van der Waals surface area contributed by atoms with Crippen LogP contribution in [0.15, 0.2) is 6.33 Å². The zero-order valence-electron chi connectivity index (χ0n) is 10.7. The summed E-state index contributed by atoms with van der Waals surface area (Å²) >= 11 is 1.87. The van der Waals surface area contributed by atoms with Crippen molar-refractivity contribution in [3.05, 3.63) is 12.2 Å². The van der Waals surface area contributed by atoms with E-state index in [1.807, 2.05) is 16.4 Å². The lowest BCUT2D eigenvalue weighted by Gasteiger charge is -2.20. The Labute approximate surface area is 102 Å². The second-order valence-corrected chi connectivity index (χ2v) is 5.83. The van der Waals surface area contributed by atoms with Crippen molar-refractivity contribution in [1.29, 1.82) is 0 Å². The molecule has 4 nitrogen and oxygen atoms in total. The highest BCUT2D eigenvalue weighted by molar-refractivity contribution is 7.98. The predicted molar refractivity (Wildman–Crippen MR) is 69.6 cm³/mol. The van der Waals surface area contributed by atoms with Gasteiger partial charge in [-0.2, -0.15) is 16.9 Å². The predicted octanol–water partition coefficient (Wildman–Crippen LogP) is 1.92. The molecule has 0 radical (unpaired) electrons. The molecule has 92 valence electrons. The molecule has 1 aromatic heterocycles. The highest BCUT2D eigenvalue weighted by Crippen LogP contribution is 2.04. The van der Waals surface area contributed by atoms with E-state index in [0.717, 1.165) is 25.3 Å².